The summed E-state index contributed by atoms with van der Waals surface area (Å²) in [6, 6.07) is 7.78. The molecule has 1 aromatic rings. The van der Waals surface area contributed by atoms with Crippen molar-refractivity contribution in [3.63, 3.8) is 0 Å². The van der Waals surface area contributed by atoms with E-state index in [9.17, 15) is 9.59 Å². The fourth-order valence-corrected chi connectivity index (χ4v) is 3.33. The Morgan fingerprint density at radius 2 is 2.06 bits per heavy atom. The van der Waals surface area contributed by atoms with Gasteiger partial charge in [-0.2, -0.15) is 0 Å². The molecule has 3 nitrogen and oxygen atoms in total. The molecule has 1 aromatic carbocycles. The number of hydrogen-bond acceptors (Lipinski definition) is 3. The lowest BCUT2D eigenvalue weighted by atomic mass is 9.99. The molecule has 0 heterocycles. The van der Waals surface area contributed by atoms with Gasteiger partial charge in [-0.25, -0.2) is 0 Å². The highest BCUT2D eigenvalue weighted by Crippen LogP contribution is 2.32. The van der Waals surface area contributed by atoms with Crippen LogP contribution in [0.15, 0.2) is 29.2 Å². The fourth-order valence-electron chi connectivity index (χ4n) is 2.10. The van der Waals surface area contributed by atoms with Crippen LogP contribution in [0.5, 0.6) is 0 Å². The summed E-state index contributed by atoms with van der Waals surface area (Å²) in [5, 5.41) is 3.16. The van der Waals surface area contributed by atoms with Crippen molar-refractivity contribution in [1.82, 2.24) is 0 Å². The molecule has 1 aliphatic rings. The van der Waals surface area contributed by atoms with Gasteiger partial charge in [0.2, 0.25) is 5.91 Å². The first-order valence-corrected chi connectivity index (χ1v) is 7.07. The zero-order chi connectivity index (χ0) is 13.0. The summed E-state index contributed by atoms with van der Waals surface area (Å²) in [5.74, 6) is 0.321. The summed E-state index contributed by atoms with van der Waals surface area (Å²) in [7, 11) is 0. The minimum Gasteiger partial charge on any atom is -0.326 e. The maximum atomic E-state index is 11.4. The van der Waals surface area contributed by atoms with Gasteiger partial charge in [-0.15, -0.1) is 11.8 Å². The number of Topliss-reactive ketones (excluding diaryl/α,β-unsaturated/α-hetero) is 1. The zero-order valence-electron chi connectivity index (χ0n) is 10.4. The van der Waals surface area contributed by atoms with Crippen LogP contribution in [0.1, 0.15) is 32.6 Å². The first-order valence-electron chi connectivity index (χ1n) is 6.19. The summed E-state index contributed by atoms with van der Waals surface area (Å²) >= 11 is 1.76. The molecule has 1 aliphatic carbocycles. The van der Waals surface area contributed by atoms with Crippen molar-refractivity contribution in [3.05, 3.63) is 24.3 Å². The Labute approximate surface area is 111 Å². The summed E-state index contributed by atoms with van der Waals surface area (Å²) < 4.78 is 0. The van der Waals surface area contributed by atoms with E-state index in [2.05, 4.69) is 5.32 Å². The van der Waals surface area contributed by atoms with Crippen molar-refractivity contribution >= 4 is 29.1 Å². The molecule has 0 aromatic heterocycles. The van der Waals surface area contributed by atoms with Gasteiger partial charge >= 0.3 is 0 Å². The molecular weight excluding hydrogens is 246 g/mol. The maximum Gasteiger partial charge on any atom is 0.221 e. The van der Waals surface area contributed by atoms with Gasteiger partial charge in [0.25, 0.3) is 0 Å². The third-order valence-corrected chi connectivity index (χ3v) is 4.19. The molecule has 1 atom stereocenters. The van der Waals surface area contributed by atoms with Crippen molar-refractivity contribution < 1.29 is 9.59 Å². The van der Waals surface area contributed by atoms with E-state index >= 15 is 0 Å². The average Bonchev–Trinajstić information content (AvgIpc) is 2.31. The van der Waals surface area contributed by atoms with Crippen LogP contribution in [0, 0.1) is 0 Å². The number of nitrogens with one attached hydrogen (secondary N) is 1. The molecule has 0 aliphatic heterocycles. The monoisotopic (exact) mass is 263 g/mol. The summed E-state index contributed by atoms with van der Waals surface area (Å²) in [5.41, 5.74) is 0.812. The largest absolute Gasteiger partial charge is 0.326 e. The SMILES string of the molecule is CC(=O)Nc1ccc(SC2CCCC(=O)C2)cc1. The van der Waals surface area contributed by atoms with Crippen LogP contribution in [0.4, 0.5) is 5.69 Å². The van der Waals surface area contributed by atoms with Crippen molar-refractivity contribution in [3.8, 4) is 0 Å². The van der Waals surface area contributed by atoms with Crippen LogP contribution in [0.2, 0.25) is 0 Å². The van der Waals surface area contributed by atoms with E-state index < -0.39 is 0 Å². The molecule has 1 unspecified atom stereocenters. The number of carbonyl (C=O) groups is 2. The number of benzene rings is 1. The molecule has 96 valence electrons. The van der Waals surface area contributed by atoms with Crippen molar-refractivity contribution in [2.45, 2.75) is 42.8 Å². The Kier molecular flexibility index (Phi) is 4.42. The van der Waals surface area contributed by atoms with Gasteiger partial charge < -0.3 is 5.32 Å². The summed E-state index contributed by atoms with van der Waals surface area (Å²) in [6.45, 7) is 1.50. The smallest absolute Gasteiger partial charge is 0.221 e. The molecule has 0 bridgehead atoms. The molecule has 1 saturated carbocycles. The molecule has 1 fully saturated rings. The van der Waals surface area contributed by atoms with Gasteiger partial charge in [0, 0.05) is 35.6 Å². The number of carbonyl (C=O) groups excluding carboxylic acids is 2. The van der Waals surface area contributed by atoms with Gasteiger partial charge in [0.15, 0.2) is 0 Å². The van der Waals surface area contributed by atoms with Crippen molar-refractivity contribution in [1.29, 1.82) is 0 Å². The average molecular weight is 263 g/mol. The fraction of sp³-hybridized carbons (Fsp3) is 0.429. The van der Waals surface area contributed by atoms with Crippen molar-refractivity contribution in [2.24, 2.45) is 0 Å². The number of amides is 1. The normalized spacial score (nSPS) is 19.6. The second-order valence-corrected chi connectivity index (χ2v) is 5.95. The van der Waals surface area contributed by atoms with Crippen LogP contribution >= 0.6 is 11.8 Å². The molecular formula is C14H17NO2S. The van der Waals surface area contributed by atoms with Gasteiger partial charge in [-0.05, 0) is 37.1 Å². The first-order chi connectivity index (χ1) is 8.63. The Hall–Kier alpha value is -1.29. The highest BCUT2D eigenvalue weighted by molar-refractivity contribution is 8.00. The lowest BCUT2D eigenvalue weighted by Crippen LogP contribution is -2.16. The molecule has 1 N–H and O–H groups in total. The van der Waals surface area contributed by atoms with E-state index in [4.69, 9.17) is 0 Å². The van der Waals surface area contributed by atoms with Crippen LogP contribution in [-0.4, -0.2) is 16.9 Å². The highest BCUT2D eigenvalue weighted by atomic mass is 32.2. The highest BCUT2D eigenvalue weighted by Gasteiger charge is 2.20. The van der Waals surface area contributed by atoms with Crippen LogP contribution in [0.3, 0.4) is 0 Å². The lowest BCUT2D eigenvalue weighted by molar-refractivity contribution is -0.120. The summed E-state index contributed by atoms with van der Waals surface area (Å²) in [6.07, 6.45) is 3.57. The quantitative estimate of drug-likeness (QED) is 0.910. The predicted octanol–water partition coefficient (Wildman–Crippen LogP) is 3.25. The number of ketones is 1. The van der Waals surface area contributed by atoms with E-state index in [1.807, 2.05) is 24.3 Å². The van der Waals surface area contributed by atoms with Crippen LogP contribution in [0.25, 0.3) is 0 Å². The van der Waals surface area contributed by atoms with Gasteiger partial charge in [0.05, 0.1) is 0 Å². The third-order valence-electron chi connectivity index (χ3n) is 2.91. The third kappa shape index (κ3) is 3.88. The van der Waals surface area contributed by atoms with Crippen molar-refractivity contribution in [2.75, 3.05) is 5.32 Å². The number of hydrogen-bond donors (Lipinski definition) is 1. The second kappa shape index (κ2) is 6.05. The Balaban J connectivity index is 1.93. The molecule has 0 saturated heterocycles. The Bertz CT molecular complexity index is 442. The van der Waals surface area contributed by atoms with E-state index in [1.54, 1.807) is 11.8 Å². The van der Waals surface area contributed by atoms with Crippen LogP contribution in [-0.2, 0) is 9.59 Å². The number of rotatable bonds is 3. The minimum atomic E-state index is -0.0618. The molecule has 0 spiro atoms. The van der Waals surface area contributed by atoms with Gasteiger partial charge in [0.1, 0.15) is 5.78 Å². The number of thioether (sulfide) groups is 1. The van der Waals surface area contributed by atoms with E-state index in [-0.39, 0.29) is 5.91 Å². The maximum absolute atomic E-state index is 11.4. The van der Waals surface area contributed by atoms with Crippen LogP contribution < -0.4 is 5.32 Å². The topological polar surface area (TPSA) is 46.2 Å². The second-order valence-electron chi connectivity index (χ2n) is 4.58. The summed E-state index contributed by atoms with van der Waals surface area (Å²) in [4.78, 5) is 23.4. The van der Waals surface area contributed by atoms with E-state index in [1.165, 1.54) is 6.92 Å². The molecule has 2 rings (SSSR count). The van der Waals surface area contributed by atoms with Gasteiger partial charge in [-0.1, -0.05) is 0 Å². The molecule has 18 heavy (non-hydrogen) atoms. The lowest BCUT2D eigenvalue weighted by Gasteiger charge is -2.20. The minimum absolute atomic E-state index is 0.0618. The zero-order valence-corrected chi connectivity index (χ0v) is 11.3. The van der Waals surface area contributed by atoms with E-state index in [0.717, 1.165) is 29.8 Å². The standard InChI is InChI=1S/C14H17NO2S/c1-10(16)15-11-5-7-13(8-6-11)18-14-4-2-3-12(17)9-14/h5-8,14H,2-4,9H2,1H3,(H,15,16). The predicted molar refractivity (Wildman–Crippen MR) is 73.9 cm³/mol. The Morgan fingerprint density at radius 1 is 1.33 bits per heavy atom. The molecule has 1 amide bonds. The first kappa shape index (κ1) is 13.1. The number of anilines is 1. The van der Waals surface area contributed by atoms with Gasteiger partial charge in [-0.3, -0.25) is 9.59 Å². The molecule has 4 heteroatoms. The molecule has 0 radical (unpaired) electrons. The Morgan fingerprint density at radius 3 is 2.67 bits per heavy atom. The van der Waals surface area contributed by atoms with E-state index in [0.29, 0.717) is 17.5 Å².